The molecule has 19 heavy (non-hydrogen) atoms. The third-order valence-electron chi connectivity index (χ3n) is 3.16. The lowest BCUT2D eigenvalue weighted by atomic mass is 10.2. The van der Waals surface area contributed by atoms with Gasteiger partial charge in [0.25, 0.3) is 5.91 Å². The molecule has 0 unspecified atom stereocenters. The van der Waals surface area contributed by atoms with Crippen LogP contribution in [-0.2, 0) is 6.54 Å². The van der Waals surface area contributed by atoms with Crippen molar-refractivity contribution in [2.45, 2.75) is 13.0 Å². The maximum absolute atomic E-state index is 11.9. The number of hydrazone groups is 1. The van der Waals surface area contributed by atoms with Crippen LogP contribution in [0.15, 0.2) is 47.7 Å². The topological polar surface area (TPSA) is 66.6 Å². The molecule has 2 N–H and O–H groups in total. The molecule has 0 saturated heterocycles. The summed E-state index contributed by atoms with van der Waals surface area (Å²) in [7, 11) is 0. The molecule has 0 aliphatic carbocycles. The molecule has 3 rings (SSSR count). The summed E-state index contributed by atoms with van der Waals surface area (Å²) in [6.45, 7) is 0.883. The zero-order valence-electron chi connectivity index (χ0n) is 10.2. The second-order valence-electron chi connectivity index (χ2n) is 4.35. The van der Waals surface area contributed by atoms with E-state index in [9.17, 15) is 9.90 Å². The Kier molecular flexibility index (Phi) is 2.79. The first-order valence-electron chi connectivity index (χ1n) is 6.06. The van der Waals surface area contributed by atoms with E-state index in [-0.39, 0.29) is 11.3 Å². The fourth-order valence-electron chi connectivity index (χ4n) is 2.18. The van der Waals surface area contributed by atoms with Crippen LogP contribution in [0.5, 0.6) is 5.75 Å². The van der Waals surface area contributed by atoms with E-state index in [4.69, 9.17) is 0 Å². The largest absolute Gasteiger partial charge is 0.507 e. The van der Waals surface area contributed by atoms with Crippen molar-refractivity contribution < 1.29 is 9.90 Å². The van der Waals surface area contributed by atoms with Gasteiger partial charge in [0.2, 0.25) is 0 Å². The number of phenolic OH excluding ortho intramolecular Hbond substituents is 1. The molecule has 1 aromatic carbocycles. The number of benzene rings is 1. The van der Waals surface area contributed by atoms with Crippen LogP contribution in [0.2, 0.25) is 0 Å². The molecule has 1 aliphatic rings. The maximum atomic E-state index is 11.9. The number of para-hydroxylation sites is 1. The van der Waals surface area contributed by atoms with Gasteiger partial charge in [-0.1, -0.05) is 12.1 Å². The van der Waals surface area contributed by atoms with Gasteiger partial charge in [-0.05, 0) is 24.3 Å². The van der Waals surface area contributed by atoms with E-state index >= 15 is 0 Å². The Labute approximate surface area is 110 Å². The molecular formula is C14H13N3O2. The van der Waals surface area contributed by atoms with E-state index < -0.39 is 5.91 Å². The predicted octanol–water partition coefficient (Wildman–Crippen LogP) is 1.73. The monoisotopic (exact) mass is 255 g/mol. The third-order valence-corrected chi connectivity index (χ3v) is 3.16. The molecular weight excluding hydrogens is 242 g/mol. The van der Waals surface area contributed by atoms with Gasteiger partial charge in [-0.3, -0.25) is 4.79 Å². The van der Waals surface area contributed by atoms with Gasteiger partial charge >= 0.3 is 0 Å². The van der Waals surface area contributed by atoms with Crippen LogP contribution in [0.3, 0.4) is 0 Å². The zero-order valence-corrected chi connectivity index (χ0v) is 10.2. The number of fused-ring (bicyclic) bond motifs is 1. The van der Waals surface area contributed by atoms with Gasteiger partial charge in [-0.15, -0.1) is 0 Å². The lowest BCUT2D eigenvalue weighted by molar-refractivity contribution is 0.0952. The molecule has 2 heterocycles. The average Bonchev–Trinajstić information content (AvgIpc) is 3.00. The van der Waals surface area contributed by atoms with Gasteiger partial charge in [0.15, 0.2) is 0 Å². The van der Waals surface area contributed by atoms with E-state index in [0.717, 1.165) is 24.4 Å². The molecule has 0 spiro atoms. The SMILES string of the molecule is O=C(NN=C1CCn2cccc21)c1ccccc1O. The Bertz CT molecular complexity index is 658. The number of aromatic hydroxyl groups is 1. The molecule has 0 radical (unpaired) electrons. The summed E-state index contributed by atoms with van der Waals surface area (Å²) in [5, 5.41) is 13.7. The van der Waals surface area contributed by atoms with Crippen LogP contribution in [0.25, 0.3) is 0 Å². The Balaban J connectivity index is 1.77. The molecule has 2 aromatic rings. The lowest BCUT2D eigenvalue weighted by Crippen LogP contribution is -2.19. The Morgan fingerprint density at radius 2 is 2.11 bits per heavy atom. The van der Waals surface area contributed by atoms with Crippen LogP contribution in [0.4, 0.5) is 0 Å². The van der Waals surface area contributed by atoms with Gasteiger partial charge in [-0.25, -0.2) is 5.43 Å². The Hall–Kier alpha value is -2.56. The van der Waals surface area contributed by atoms with Crippen LogP contribution < -0.4 is 5.43 Å². The predicted molar refractivity (Wildman–Crippen MR) is 71.2 cm³/mol. The molecule has 96 valence electrons. The standard InChI is InChI=1S/C14H13N3O2/c18-13-6-2-1-4-10(13)14(19)16-15-11-7-9-17-8-3-5-12(11)17/h1-6,8,18H,7,9H2,(H,16,19). The fourth-order valence-corrected chi connectivity index (χ4v) is 2.18. The highest BCUT2D eigenvalue weighted by Gasteiger charge is 2.17. The number of nitrogens with one attached hydrogen (secondary N) is 1. The normalized spacial score (nSPS) is 15.5. The molecule has 5 heteroatoms. The minimum atomic E-state index is -0.407. The van der Waals surface area contributed by atoms with E-state index in [0.29, 0.717) is 0 Å². The zero-order chi connectivity index (χ0) is 13.2. The van der Waals surface area contributed by atoms with E-state index in [1.54, 1.807) is 18.2 Å². The minimum absolute atomic E-state index is 0.0463. The third kappa shape index (κ3) is 2.10. The summed E-state index contributed by atoms with van der Waals surface area (Å²) in [5.41, 5.74) is 4.59. The molecule has 0 fully saturated rings. The fraction of sp³-hybridized carbons (Fsp3) is 0.143. The van der Waals surface area contributed by atoms with Crippen molar-refractivity contribution in [2.75, 3.05) is 0 Å². The van der Waals surface area contributed by atoms with Crippen LogP contribution in [0, 0.1) is 0 Å². The highest BCUT2D eigenvalue weighted by Crippen LogP contribution is 2.17. The molecule has 0 bridgehead atoms. The Morgan fingerprint density at radius 1 is 1.26 bits per heavy atom. The Morgan fingerprint density at radius 3 is 2.95 bits per heavy atom. The minimum Gasteiger partial charge on any atom is -0.507 e. The van der Waals surface area contributed by atoms with Crippen molar-refractivity contribution in [1.82, 2.24) is 9.99 Å². The molecule has 1 amide bonds. The first-order valence-corrected chi connectivity index (χ1v) is 6.06. The van der Waals surface area contributed by atoms with Gasteiger partial charge in [0, 0.05) is 19.2 Å². The maximum Gasteiger partial charge on any atom is 0.275 e. The van der Waals surface area contributed by atoms with Crippen molar-refractivity contribution in [2.24, 2.45) is 5.10 Å². The summed E-state index contributed by atoms with van der Waals surface area (Å²) in [6, 6.07) is 10.3. The summed E-state index contributed by atoms with van der Waals surface area (Å²) in [5.74, 6) is -0.453. The summed E-state index contributed by atoms with van der Waals surface area (Å²) >= 11 is 0. The van der Waals surface area contributed by atoms with Crippen LogP contribution in [0.1, 0.15) is 22.5 Å². The molecule has 0 atom stereocenters. The highest BCUT2D eigenvalue weighted by atomic mass is 16.3. The summed E-state index contributed by atoms with van der Waals surface area (Å²) < 4.78 is 2.09. The number of aromatic nitrogens is 1. The second-order valence-corrected chi connectivity index (χ2v) is 4.35. The number of hydrogen-bond acceptors (Lipinski definition) is 3. The van der Waals surface area contributed by atoms with E-state index in [1.807, 2.05) is 18.3 Å². The smallest absolute Gasteiger partial charge is 0.275 e. The molecule has 0 saturated carbocycles. The highest BCUT2D eigenvalue weighted by molar-refractivity contribution is 6.03. The van der Waals surface area contributed by atoms with Crippen LogP contribution >= 0.6 is 0 Å². The van der Waals surface area contributed by atoms with Crippen LogP contribution in [-0.4, -0.2) is 21.3 Å². The van der Waals surface area contributed by atoms with Crippen molar-refractivity contribution in [1.29, 1.82) is 0 Å². The van der Waals surface area contributed by atoms with Gasteiger partial charge in [-0.2, -0.15) is 5.10 Å². The number of amides is 1. The quantitative estimate of drug-likeness (QED) is 0.802. The van der Waals surface area contributed by atoms with Crippen molar-refractivity contribution >= 4 is 11.6 Å². The number of carbonyl (C=O) groups excluding carboxylic acids is 1. The van der Waals surface area contributed by atoms with E-state index in [2.05, 4.69) is 15.1 Å². The number of carbonyl (C=O) groups is 1. The number of aryl methyl sites for hydroxylation is 1. The first kappa shape index (κ1) is 11.5. The van der Waals surface area contributed by atoms with Crippen molar-refractivity contribution in [3.63, 3.8) is 0 Å². The number of hydrogen-bond donors (Lipinski definition) is 2. The summed E-state index contributed by atoms with van der Waals surface area (Å²) in [4.78, 5) is 11.9. The molecule has 5 nitrogen and oxygen atoms in total. The second kappa shape index (κ2) is 4.61. The molecule has 1 aromatic heterocycles. The number of nitrogens with zero attached hydrogens (tertiary/aromatic N) is 2. The summed E-state index contributed by atoms with van der Waals surface area (Å²) in [6.07, 6.45) is 2.79. The number of rotatable bonds is 2. The van der Waals surface area contributed by atoms with E-state index in [1.165, 1.54) is 6.07 Å². The molecule has 1 aliphatic heterocycles. The lowest BCUT2D eigenvalue weighted by Gasteiger charge is -2.03. The van der Waals surface area contributed by atoms with Gasteiger partial charge in [0.1, 0.15) is 5.75 Å². The van der Waals surface area contributed by atoms with Gasteiger partial charge < -0.3 is 9.67 Å². The average molecular weight is 255 g/mol. The van der Waals surface area contributed by atoms with Crippen molar-refractivity contribution in [3.05, 3.63) is 53.9 Å². The van der Waals surface area contributed by atoms with Crippen molar-refractivity contribution in [3.8, 4) is 5.75 Å². The number of phenols is 1. The van der Waals surface area contributed by atoms with Gasteiger partial charge in [0.05, 0.1) is 17.0 Å². The first-order chi connectivity index (χ1) is 9.25.